The van der Waals surface area contributed by atoms with Crippen molar-refractivity contribution in [3.05, 3.63) is 34.1 Å². The summed E-state index contributed by atoms with van der Waals surface area (Å²) in [5, 5.41) is 18.1. The quantitative estimate of drug-likeness (QED) is 0.358. The van der Waals surface area contributed by atoms with Crippen LogP contribution in [0.15, 0.2) is 18.2 Å². The van der Waals surface area contributed by atoms with Gasteiger partial charge in [0.25, 0.3) is 0 Å². The molecule has 1 aromatic rings. The number of hydrogen-bond acceptors (Lipinski definition) is 4. The van der Waals surface area contributed by atoms with Gasteiger partial charge >= 0.3 is 5.69 Å². The van der Waals surface area contributed by atoms with Crippen LogP contribution in [0, 0.1) is 26.8 Å². The van der Waals surface area contributed by atoms with E-state index in [1.807, 2.05) is 0 Å². The van der Waals surface area contributed by atoms with Gasteiger partial charge in [-0.3, -0.25) is 15.5 Å². The fourth-order valence-electron chi connectivity index (χ4n) is 1.31. The van der Waals surface area contributed by atoms with Crippen LogP contribution < -0.4 is 10.5 Å². The van der Waals surface area contributed by atoms with Crippen molar-refractivity contribution in [1.82, 2.24) is 0 Å². The molecule has 6 nitrogen and oxygen atoms in total. The van der Waals surface area contributed by atoms with Crippen LogP contribution in [-0.4, -0.2) is 17.4 Å². The maximum atomic E-state index is 13.0. The van der Waals surface area contributed by atoms with E-state index in [0.29, 0.717) is 6.42 Å². The number of ether oxygens (including phenoxy) is 1. The topological polar surface area (TPSA) is 102 Å². The average molecular weight is 269 g/mol. The molecule has 0 aliphatic heterocycles. The summed E-state index contributed by atoms with van der Waals surface area (Å²) in [5.41, 5.74) is 4.55. The molecule has 1 rings (SSSR count). The minimum absolute atomic E-state index is 0.00448. The summed E-state index contributed by atoms with van der Waals surface area (Å²) < 4.78 is 18.3. The van der Waals surface area contributed by atoms with Gasteiger partial charge in [0.2, 0.25) is 0 Å². The summed E-state index contributed by atoms with van der Waals surface area (Å²) in [6.45, 7) is 3.63. The molecule has 0 fully saturated rings. The van der Waals surface area contributed by atoms with Gasteiger partial charge in [-0.1, -0.05) is 13.8 Å². The van der Waals surface area contributed by atoms with Gasteiger partial charge in [0.05, 0.1) is 17.4 Å². The molecule has 3 N–H and O–H groups in total. The Labute approximate surface area is 110 Å². The fourth-order valence-corrected chi connectivity index (χ4v) is 1.31. The smallest absolute Gasteiger partial charge is 0.311 e. The van der Waals surface area contributed by atoms with E-state index >= 15 is 0 Å². The van der Waals surface area contributed by atoms with E-state index in [4.69, 9.17) is 15.9 Å². The molecule has 0 spiro atoms. The van der Waals surface area contributed by atoms with Gasteiger partial charge in [0.15, 0.2) is 5.75 Å². The Balaban J connectivity index is 2.75. The lowest BCUT2D eigenvalue weighted by molar-refractivity contribution is -0.385. The first-order valence-corrected chi connectivity index (χ1v) is 5.65. The number of rotatable bonds is 6. The summed E-state index contributed by atoms with van der Waals surface area (Å²) >= 11 is 0. The van der Waals surface area contributed by atoms with Crippen LogP contribution in [0.5, 0.6) is 5.75 Å². The first kappa shape index (κ1) is 14.9. The van der Waals surface area contributed by atoms with Crippen LogP contribution in [0.25, 0.3) is 0 Å². The highest BCUT2D eigenvalue weighted by atomic mass is 19.1. The van der Waals surface area contributed by atoms with Crippen molar-refractivity contribution >= 4 is 11.5 Å². The first-order chi connectivity index (χ1) is 8.74. The van der Waals surface area contributed by atoms with Gasteiger partial charge < -0.3 is 10.5 Å². The van der Waals surface area contributed by atoms with Crippen molar-refractivity contribution in [2.45, 2.75) is 20.3 Å². The standard InChI is InChI=1S/C12H16FN3O3/c1-12(2,11(14)15)5-6-19-10-7-8(13)3-4-9(10)16(17)18/h3-4,7H,5-6H2,1-2H3,(H3,14,15). The van der Waals surface area contributed by atoms with E-state index in [9.17, 15) is 14.5 Å². The maximum absolute atomic E-state index is 13.0. The second-order valence-electron chi connectivity index (χ2n) is 4.77. The van der Waals surface area contributed by atoms with Gasteiger partial charge in [0, 0.05) is 17.5 Å². The number of benzene rings is 1. The molecule has 19 heavy (non-hydrogen) atoms. The number of amidine groups is 1. The van der Waals surface area contributed by atoms with Crippen LogP contribution in [-0.2, 0) is 0 Å². The van der Waals surface area contributed by atoms with E-state index in [0.717, 1.165) is 18.2 Å². The Morgan fingerprint density at radius 1 is 1.58 bits per heavy atom. The Morgan fingerprint density at radius 3 is 2.74 bits per heavy atom. The zero-order valence-electron chi connectivity index (χ0n) is 10.8. The predicted octanol–water partition coefficient (Wildman–Crippen LogP) is 2.46. The van der Waals surface area contributed by atoms with Crippen molar-refractivity contribution < 1.29 is 14.1 Å². The fraction of sp³-hybridized carbons (Fsp3) is 0.417. The van der Waals surface area contributed by atoms with E-state index < -0.39 is 16.2 Å². The third-order valence-corrected chi connectivity index (χ3v) is 2.83. The number of nitro benzene ring substituents is 1. The normalized spacial score (nSPS) is 11.1. The number of nitrogens with zero attached hydrogens (tertiary/aromatic N) is 1. The van der Waals surface area contributed by atoms with Gasteiger partial charge in [-0.2, -0.15) is 0 Å². The lowest BCUT2D eigenvalue weighted by Crippen LogP contribution is -2.32. The maximum Gasteiger partial charge on any atom is 0.311 e. The van der Waals surface area contributed by atoms with Crippen LogP contribution in [0.3, 0.4) is 0 Å². The second kappa shape index (κ2) is 5.64. The third kappa shape index (κ3) is 3.90. The highest BCUT2D eigenvalue weighted by Crippen LogP contribution is 2.28. The molecule has 7 heteroatoms. The Hall–Kier alpha value is -2.18. The van der Waals surface area contributed by atoms with Crippen molar-refractivity contribution in [2.24, 2.45) is 11.1 Å². The number of nitrogens with one attached hydrogen (secondary N) is 1. The lowest BCUT2D eigenvalue weighted by atomic mass is 9.88. The molecular formula is C12H16FN3O3. The van der Waals surface area contributed by atoms with E-state index in [1.54, 1.807) is 13.8 Å². The zero-order chi connectivity index (χ0) is 14.6. The zero-order valence-corrected chi connectivity index (χ0v) is 10.8. The third-order valence-electron chi connectivity index (χ3n) is 2.83. The predicted molar refractivity (Wildman–Crippen MR) is 68.9 cm³/mol. The average Bonchev–Trinajstić information content (AvgIpc) is 2.28. The Bertz CT molecular complexity index is 503. The molecule has 0 amide bonds. The molecule has 0 saturated heterocycles. The highest BCUT2D eigenvalue weighted by Gasteiger charge is 2.22. The molecule has 0 aromatic heterocycles. The SMILES string of the molecule is CC(C)(CCOc1cc(F)ccc1[N+](=O)[O-])C(=N)N. The molecule has 104 valence electrons. The van der Waals surface area contributed by atoms with E-state index in [2.05, 4.69) is 0 Å². The number of hydrogen-bond donors (Lipinski definition) is 2. The number of nitro groups is 1. The van der Waals surface area contributed by atoms with Crippen molar-refractivity contribution in [3.63, 3.8) is 0 Å². The summed E-state index contributed by atoms with van der Waals surface area (Å²) in [6.07, 6.45) is 0.399. The molecule has 0 heterocycles. The lowest BCUT2D eigenvalue weighted by Gasteiger charge is -2.22. The van der Waals surface area contributed by atoms with Crippen molar-refractivity contribution in [2.75, 3.05) is 6.61 Å². The minimum atomic E-state index is -0.634. The van der Waals surface area contributed by atoms with Crippen LogP contribution >= 0.6 is 0 Å². The molecule has 0 radical (unpaired) electrons. The van der Waals surface area contributed by atoms with E-state index in [-0.39, 0.29) is 23.9 Å². The number of nitrogens with two attached hydrogens (primary N) is 1. The molecule has 1 aromatic carbocycles. The molecule has 0 unspecified atom stereocenters. The summed E-state index contributed by atoms with van der Waals surface area (Å²) in [7, 11) is 0. The van der Waals surface area contributed by atoms with Gasteiger partial charge in [-0.25, -0.2) is 4.39 Å². The second-order valence-corrected chi connectivity index (χ2v) is 4.77. The minimum Gasteiger partial charge on any atom is -0.487 e. The highest BCUT2D eigenvalue weighted by molar-refractivity contribution is 5.82. The largest absolute Gasteiger partial charge is 0.487 e. The number of halogens is 1. The molecular weight excluding hydrogens is 253 g/mol. The molecule has 0 aliphatic rings. The van der Waals surface area contributed by atoms with Crippen LogP contribution in [0.2, 0.25) is 0 Å². The van der Waals surface area contributed by atoms with Crippen LogP contribution in [0.4, 0.5) is 10.1 Å². The molecule has 0 aliphatic carbocycles. The Morgan fingerprint density at radius 2 is 2.21 bits per heavy atom. The summed E-state index contributed by atoms with van der Waals surface area (Å²) in [4.78, 5) is 10.1. The molecule has 0 atom stereocenters. The van der Waals surface area contributed by atoms with Gasteiger partial charge in [-0.05, 0) is 12.5 Å². The van der Waals surface area contributed by atoms with E-state index in [1.165, 1.54) is 0 Å². The Kier molecular flexibility index (Phi) is 4.42. The first-order valence-electron chi connectivity index (χ1n) is 5.65. The summed E-state index contributed by atoms with van der Waals surface area (Å²) in [6, 6.07) is 3.03. The van der Waals surface area contributed by atoms with Gasteiger partial charge in [-0.15, -0.1) is 0 Å². The summed E-state index contributed by atoms with van der Waals surface area (Å²) in [5.74, 6) is -0.722. The molecule has 0 bridgehead atoms. The molecule has 0 saturated carbocycles. The van der Waals surface area contributed by atoms with Crippen molar-refractivity contribution in [3.8, 4) is 5.75 Å². The monoisotopic (exact) mass is 269 g/mol. The van der Waals surface area contributed by atoms with Crippen LogP contribution in [0.1, 0.15) is 20.3 Å². The van der Waals surface area contributed by atoms with Crippen molar-refractivity contribution in [1.29, 1.82) is 5.41 Å². The van der Waals surface area contributed by atoms with Gasteiger partial charge in [0.1, 0.15) is 5.82 Å².